The zero-order valence-electron chi connectivity index (χ0n) is 26.7. The summed E-state index contributed by atoms with van der Waals surface area (Å²) in [6.45, 7) is 4.22. The third-order valence-corrected chi connectivity index (χ3v) is 9.69. The first-order chi connectivity index (χ1) is 23.4. The molecule has 0 saturated carbocycles. The van der Waals surface area contributed by atoms with Gasteiger partial charge in [-0.25, -0.2) is 9.79 Å². The SMILES string of the molecule is CCCC1=C(C(=O)OCC)[C@H](c2c(OC)ccc3ccccc23)n2c(s/c(=C/c3ccc(OCc4ccccc4C#N)c(Br)c3)c2=O)=N1. The molecule has 0 unspecified atom stereocenters. The van der Waals surface area contributed by atoms with E-state index in [2.05, 4.69) is 22.0 Å². The third kappa shape index (κ3) is 6.31. The molecule has 5 aromatic rings. The van der Waals surface area contributed by atoms with Gasteiger partial charge in [-0.05, 0) is 76.0 Å². The van der Waals surface area contributed by atoms with Crippen LogP contribution in [0.15, 0.2) is 104 Å². The fraction of sp³-hybridized carbons (Fsp3) is 0.211. The molecule has 242 valence electrons. The molecule has 0 bridgehead atoms. The van der Waals surface area contributed by atoms with Crippen LogP contribution in [-0.2, 0) is 16.1 Å². The standard InChI is InChI=1S/C38H32BrN3O5S/c1-4-10-29-34(37(44)46-5-2)35(33-27-14-9-8-11-24(27)16-18-31(33)45-3)42-36(43)32(48-38(42)41-29)20-23-15-17-30(28(39)19-23)47-22-26-13-7-6-12-25(26)21-40/h6-9,11-20,35H,4-5,10,22H2,1-3H3/b32-20+/t35-/m0/s1. The van der Waals surface area contributed by atoms with Gasteiger partial charge < -0.3 is 14.2 Å². The summed E-state index contributed by atoms with van der Waals surface area (Å²) in [7, 11) is 1.59. The maximum absolute atomic E-state index is 14.4. The van der Waals surface area contributed by atoms with Crippen LogP contribution in [0.3, 0.4) is 0 Å². The lowest BCUT2D eigenvalue weighted by Gasteiger charge is -2.28. The first kappa shape index (κ1) is 32.9. The van der Waals surface area contributed by atoms with Gasteiger partial charge in [0.05, 0.1) is 45.6 Å². The van der Waals surface area contributed by atoms with Gasteiger partial charge in [-0.3, -0.25) is 9.36 Å². The van der Waals surface area contributed by atoms with Crippen molar-refractivity contribution in [1.29, 1.82) is 5.26 Å². The van der Waals surface area contributed by atoms with Gasteiger partial charge in [0.1, 0.15) is 24.1 Å². The summed E-state index contributed by atoms with van der Waals surface area (Å²) < 4.78 is 20.2. The molecule has 1 atom stereocenters. The number of carbonyl (C=O) groups is 1. The second kappa shape index (κ2) is 14.4. The Balaban J connectivity index is 1.49. The van der Waals surface area contributed by atoms with Gasteiger partial charge in [-0.2, -0.15) is 5.26 Å². The van der Waals surface area contributed by atoms with E-state index in [0.29, 0.717) is 54.1 Å². The number of thiazole rings is 1. The maximum Gasteiger partial charge on any atom is 0.338 e. The van der Waals surface area contributed by atoms with E-state index >= 15 is 0 Å². The highest BCUT2D eigenvalue weighted by molar-refractivity contribution is 9.10. The molecule has 4 aromatic carbocycles. The van der Waals surface area contributed by atoms with Crippen LogP contribution in [0, 0.1) is 11.3 Å². The Kier molecular flexibility index (Phi) is 9.90. The molecule has 0 amide bonds. The molecular formula is C38H32BrN3O5S. The number of ether oxygens (including phenoxy) is 3. The Hall–Kier alpha value is -4.98. The molecule has 0 N–H and O–H groups in total. The predicted molar refractivity (Wildman–Crippen MR) is 190 cm³/mol. The molecule has 1 aliphatic heterocycles. The van der Waals surface area contributed by atoms with E-state index in [9.17, 15) is 14.9 Å². The largest absolute Gasteiger partial charge is 0.496 e. The van der Waals surface area contributed by atoms with Gasteiger partial charge >= 0.3 is 5.97 Å². The van der Waals surface area contributed by atoms with Crippen LogP contribution in [0.4, 0.5) is 0 Å². The topological polar surface area (TPSA) is 103 Å². The van der Waals surface area contributed by atoms with E-state index in [-0.39, 0.29) is 18.8 Å². The number of esters is 1. The Morgan fingerprint density at radius 2 is 1.83 bits per heavy atom. The predicted octanol–water partition coefficient (Wildman–Crippen LogP) is 6.95. The number of fused-ring (bicyclic) bond motifs is 2. The van der Waals surface area contributed by atoms with E-state index in [1.165, 1.54) is 11.3 Å². The van der Waals surface area contributed by atoms with Crippen molar-refractivity contribution >= 4 is 50.1 Å². The minimum Gasteiger partial charge on any atom is -0.496 e. The summed E-state index contributed by atoms with van der Waals surface area (Å²) in [4.78, 5) is 33.5. The summed E-state index contributed by atoms with van der Waals surface area (Å²) in [6, 6.07) is 26.0. The number of nitrogens with zero attached hydrogens (tertiary/aromatic N) is 3. The summed E-state index contributed by atoms with van der Waals surface area (Å²) in [5.41, 5.74) is 3.50. The highest BCUT2D eigenvalue weighted by atomic mass is 79.9. The first-order valence-electron chi connectivity index (χ1n) is 15.6. The van der Waals surface area contributed by atoms with E-state index in [1.807, 2.05) is 85.8 Å². The average Bonchev–Trinajstić information content (AvgIpc) is 3.40. The van der Waals surface area contributed by atoms with Gasteiger partial charge in [0.2, 0.25) is 0 Å². The van der Waals surface area contributed by atoms with Crippen molar-refractivity contribution < 1.29 is 19.0 Å². The Morgan fingerprint density at radius 1 is 1.06 bits per heavy atom. The van der Waals surface area contributed by atoms with Gasteiger partial charge in [-0.15, -0.1) is 0 Å². The molecule has 6 rings (SSSR count). The quantitative estimate of drug-likeness (QED) is 0.145. The van der Waals surface area contributed by atoms with E-state index in [1.54, 1.807) is 24.7 Å². The van der Waals surface area contributed by atoms with E-state index in [4.69, 9.17) is 19.2 Å². The summed E-state index contributed by atoms with van der Waals surface area (Å²) >= 11 is 4.88. The lowest BCUT2D eigenvalue weighted by molar-refractivity contribution is -0.139. The summed E-state index contributed by atoms with van der Waals surface area (Å²) in [5.74, 6) is 0.660. The molecule has 0 saturated heterocycles. The van der Waals surface area contributed by atoms with Crippen LogP contribution in [0.25, 0.3) is 16.8 Å². The van der Waals surface area contributed by atoms with Crippen molar-refractivity contribution in [3.8, 4) is 17.6 Å². The molecule has 48 heavy (non-hydrogen) atoms. The molecule has 0 fully saturated rings. The van der Waals surface area contributed by atoms with Crippen LogP contribution in [0.2, 0.25) is 0 Å². The van der Waals surface area contributed by atoms with Crippen LogP contribution in [0.5, 0.6) is 11.5 Å². The Labute approximate surface area is 290 Å². The molecule has 10 heteroatoms. The minimum atomic E-state index is -0.816. The van der Waals surface area contributed by atoms with Crippen molar-refractivity contribution in [2.24, 2.45) is 4.99 Å². The van der Waals surface area contributed by atoms with Crippen molar-refractivity contribution in [1.82, 2.24) is 4.57 Å². The molecule has 1 aromatic heterocycles. The zero-order chi connectivity index (χ0) is 33.8. The molecule has 8 nitrogen and oxygen atoms in total. The minimum absolute atomic E-state index is 0.185. The fourth-order valence-corrected chi connectivity index (χ4v) is 7.45. The molecule has 0 radical (unpaired) electrons. The number of hydrogen-bond acceptors (Lipinski definition) is 8. The summed E-state index contributed by atoms with van der Waals surface area (Å²) in [6.07, 6.45) is 3.10. The number of nitriles is 1. The van der Waals surface area contributed by atoms with Crippen molar-refractivity contribution in [2.45, 2.75) is 39.3 Å². The average molecular weight is 723 g/mol. The van der Waals surface area contributed by atoms with Crippen LogP contribution < -0.4 is 24.4 Å². The second-order valence-electron chi connectivity index (χ2n) is 11.1. The highest BCUT2D eigenvalue weighted by Gasteiger charge is 2.37. The van der Waals surface area contributed by atoms with E-state index < -0.39 is 12.0 Å². The molecule has 0 spiro atoms. The number of carbonyl (C=O) groups excluding carboxylic acids is 1. The molecular weight excluding hydrogens is 690 g/mol. The number of allylic oxidation sites excluding steroid dienone is 1. The monoisotopic (exact) mass is 721 g/mol. The number of benzene rings is 4. The fourth-order valence-electron chi connectivity index (χ4n) is 5.92. The third-order valence-electron chi connectivity index (χ3n) is 8.09. The normalized spacial score (nSPS) is 14.3. The number of hydrogen-bond donors (Lipinski definition) is 0. The number of halogens is 1. The maximum atomic E-state index is 14.4. The lowest BCUT2D eigenvalue weighted by Crippen LogP contribution is -2.40. The van der Waals surface area contributed by atoms with Crippen molar-refractivity contribution in [2.75, 3.05) is 13.7 Å². The van der Waals surface area contributed by atoms with Gasteiger partial charge in [0, 0.05) is 11.1 Å². The molecule has 0 aliphatic carbocycles. The Bertz CT molecular complexity index is 2300. The van der Waals surface area contributed by atoms with Gasteiger partial charge in [0.15, 0.2) is 4.80 Å². The number of methoxy groups -OCH3 is 1. The molecule has 1 aliphatic rings. The number of rotatable bonds is 10. The molecule has 2 heterocycles. The summed E-state index contributed by atoms with van der Waals surface area (Å²) in [5, 5.41) is 11.2. The zero-order valence-corrected chi connectivity index (χ0v) is 29.1. The van der Waals surface area contributed by atoms with Crippen LogP contribution >= 0.6 is 27.3 Å². The smallest absolute Gasteiger partial charge is 0.338 e. The highest BCUT2D eigenvalue weighted by Crippen LogP contribution is 2.41. The van der Waals surface area contributed by atoms with Crippen molar-refractivity contribution in [3.05, 3.63) is 137 Å². The van der Waals surface area contributed by atoms with Crippen LogP contribution in [0.1, 0.15) is 55.0 Å². The van der Waals surface area contributed by atoms with Gasteiger partial charge in [0.25, 0.3) is 5.56 Å². The van der Waals surface area contributed by atoms with Crippen LogP contribution in [-0.4, -0.2) is 24.3 Å². The Morgan fingerprint density at radius 3 is 2.58 bits per heavy atom. The first-order valence-corrected chi connectivity index (χ1v) is 17.2. The van der Waals surface area contributed by atoms with E-state index in [0.717, 1.165) is 28.3 Å². The lowest BCUT2D eigenvalue weighted by atomic mass is 9.90. The second-order valence-corrected chi connectivity index (χ2v) is 12.9. The van der Waals surface area contributed by atoms with Gasteiger partial charge in [-0.1, -0.05) is 79.3 Å². The van der Waals surface area contributed by atoms with Crippen molar-refractivity contribution in [3.63, 3.8) is 0 Å². The number of aromatic nitrogens is 1.